The van der Waals surface area contributed by atoms with Gasteiger partial charge in [-0.15, -0.1) is 0 Å². The van der Waals surface area contributed by atoms with Gasteiger partial charge in [0.05, 0.1) is 8.07 Å². The predicted molar refractivity (Wildman–Crippen MR) is 85.6 cm³/mol. The van der Waals surface area contributed by atoms with E-state index in [0.717, 1.165) is 6.04 Å². The quantitative estimate of drug-likeness (QED) is 0.639. The van der Waals surface area contributed by atoms with Crippen LogP contribution in [-0.2, 0) is 6.04 Å². The summed E-state index contributed by atoms with van der Waals surface area (Å²) in [6.07, 6.45) is 4.12. The van der Waals surface area contributed by atoms with Crippen molar-refractivity contribution in [3.63, 3.8) is 0 Å². The van der Waals surface area contributed by atoms with Gasteiger partial charge in [-0.25, -0.2) is 0 Å². The van der Waals surface area contributed by atoms with Gasteiger partial charge in [-0.2, -0.15) is 0 Å². The third-order valence-corrected chi connectivity index (χ3v) is 6.09. The Balaban J connectivity index is 2.60. The van der Waals surface area contributed by atoms with Crippen LogP contribution in [0.1, 0.15) is 5.56 Å². The van der Waals surface area contributed by atoms with Crippen LogP contribution in [0.4, 0.5) is 0 Å². The zero-order chi connectivity index (χ0) is 13.6. The van der Waals surface area contributed by atoms with Gasteiger partial charge in [0.2, 0.25) is 8.32 Å². The first-order valence-corrected chi connectivity index (χ1v) is 12.7. The van der Waals surface area contributed by atoms with Crippen molar-refractivity contribution in [3.8, 4) is 0 Å². The molecule has 0 bridgehead atoms. The monoisotopic (exact) mass is 276 g/mol. The zero-order valence-electron chi connectivity index (χ0n) is 11.9. The van der Waals surface area contributed by atoms with E-state index in [-0.39, 0.29) is 0 Å². The molecule has 0 aromatic heterocycles. The van der Waals surface area contributed by atoms with Crippen molar-refractivity contribution in [2.24, 2.45) is 0 Å². The minimum Gasteiger partial charge on any atom is -0.428 e. The maximum Gasteiger partial charge on any atom is 0.206 e. The van der Waals surface area contributed by atoms with E-state index < -0.39 is 16.4 Å². The Morgan fingerprint density at radius 3 is 2.06 bits per heavy atom. The molecule has 0 amide bonds. The van der Waals surface area contributed by atoms with Crippen molar-refractivity contribution < 1.29 is 4.80 Å². The molecule has 0 heterocycles. The Bertz CT molecular complexity index is 414. The van der Waals surface area contributed by atoms with Gasteiger partial charge in [-0.1, -0.05) is 72.5 Å². The Labute approximate surface area is 113 Å². The van der Waals surface area contributed by atoms with Crippen molar-refractivity contribution in [3.05, 3.63) is 59.4 Å². The van der Waals surface area contributed by atoms with Crippen LogP contribution in [0, 0.1) is 0 Å². The molecule has 1 aromatic rings. The number of hydrogen-bond acceptors (Lipinski definition) is 1. The second-order valence-electron chi connectivity index (χ2n) is 6.02. The molecule has 18 heavy (non-hydrogen) atoms. The minimum absolute atomic E-state index is 1.16. The van der Waals surface area contributed by atoms with E-state index in [2.05, 4.69) is 55.2 Å². The second-order valence-corrected chi connectivity index (χ2v) is 14.3. The molecule has 0 unspecified atom stereocenters. The molecule has 1 aromatic carbocycles. The summed E-state index contributed by atoms with van der Waals surface area (Å²) in [4.78, 5) is 9.71. The van der Waals surface area contributed by atoms with Crippen molar-refractivity contribution in [1.29, 1.82) is 0 Å². The molecule has 1 rings (SSSR count). The molecule has 1 nitrogen and oxygen atoms in total. The molecule has 0 spiro atoms. The Kier molecular flexibility index (Phi) is 5.32. The molecule has 98 valence electrons. The average Bonchev–Trinajstić information content (AvgIpc) is 2.24. The first-order chi connectivity index (χ1) is 8.29. The lowest BCUT2D eigenvalue weighted by molar-refractivity contribution is 0.567. The zero-order valence-corrected chi connectivity index (χ0v) is 13.9. The van der Waals surface area contributed by atoms with Crippen LogP contribution in [0.5, 0.6) is 0 Å². The molecule has 3 heteroatoms. The van der Waals surface area contributed by atoms with Gasteiger partial charge in [-0.05, 0) is 19.1 Å². The van der Waals surface area contributed by atoms with E-state index in [0.29, 0.717) is 0 Å². The summed E-state index contributed by atoms with van der Waals surface area (Å²) in [5.41, 5.74) is 5.72. The summed E-state index contributed by atoms with van der Waals surface area (Å²) in [5.74, 6) is 0. The molecule has 0 fully saturated rings. The number of hydrogen-bond donors (Lipinski definition) is 1. The highest BCUT2D eigenvalue weighted by atomic mass is 28.4. The molecule has 0 saturated carbocycles. The lowest BCUT2D eigenvalue weighted by Gasteiger charge is -2.17. The van der Waals surface area contributed by atoms with Gasteiger partial charge in [0.25, 0.3) is 0 Å². The van der Waals surface area contributed by atoms with E-state index >= 15 is 0 Å². The molecular formula is C15H24OSi2. The first-order valence-electron chi connectivity index (χ1n) is 6.42. The minimum atomic E-state index is -2.04. The summed E-state index contributed by atoms with van der Waals surface area (Å²) in [6.45, 7) is 8.57. The fraction of sp³-hybridized carbons (Fsp3) is 0.333. The maximum atomic E-state index is 9.71. The standard InChI is InChI=1S/C15H24OSi2/c1-17(2,12-8-9-13-18(3,4)16)14-15-10-6-5-7-11-15/h5-13,16H,14H2,1-4H3/b12-8+,13-9+. The molecule has 0 atom stereocenters. The van der Waals surface area contributed by atoms with Gasteiger partial charge in [0.15, 0.2) is 0 Å². The predicted octanol–water partition coefficient (Wildman–Crippen LogP) is 3.86. The van der Waals surface area contributed by atoms with Crippen molar-refractivity contribution in [2.45, 2.75) is 32.2 Å². The summed E-state index contributed by atoms with van der Waals surface area (Å²) in [5, 5.41) is 0. The summed E-state index contributed by atoms with van der Waals surface area (Å²) in [7, 11) is -3.38. The fourth-order valence-electron chi connectivity index (χ4n) is 1.79. The highest BCUT2D eigenvalue weighted by Gasteiger charge is 2.17. The smallest absolute Gasteiger partial charge is 0.206 e. The van der Waals surface area contributed by atoms with Crippen LogP contribution in [0.2, 0.25) is 26.2 Å². The summed E-state index contributed by atoms with van der Waals surface area (Å²) >= 11 is 0. The maximum absolute atomic E-state index is 9.71. The van der Waals surface area contributed by atoms with Crippen LogP contribution < -0.4 is 0 Å². The van der Waals surface area contributed by atoms with Gasteiger partial charge in [-0.3, -0.25) is 0 Å². The Hall–Kier alpha value is -0.906. The molecule has 0 aliphatic carbocycles. The Morgan fingerprint density at radius 2 is 1.50 bits per heavy atom. The molecule has 0 saturated heterocycles. The van der Waals surface area contributed by atoms with Crippen molar-refractivity contribution in [2.75, 3.05) is 0 Å². The molecular weight excluding hydrogens is 252 g/mol. The second kappa shape index (κ2) is 6.32. The van der Waals surface area contributed by atoms with E-state index in [1.807, 2.05) is 24.9 Å². The topological polar surface area (TPSA) is 20.2 Å². The Morgan fingerprint density at radius 1 is 0.944 bits per heavy atom. The molecule has 1 N–H and O–H groups in total. The van der Waals surface area contributed by atoms with Crippen molar-refractivity contribution >= 4 is 16.4 Å². The van der Waals surface area contributed by atoms with E-state index in [1.54, 1.807) is 0 Å². The molecule has 0 aliphatic heterocycles. The highest BCUT2D eigenvalue weighted by Crippen LogP contribution is 2.13. The summed E-state index contributed by atoms with van der Waals surface area (Å²) < 4.78 is 0. The number of allylic oxidation sites excluding steroid dienone is 2. The lowest BCUT2D eigenvalue weighted by Crippen LogP contribution is -2.26. The average molecular weight is 277 g/mol. The van der Waals surface area contributed by atoms with Crippen LogP contribution in [0.15, 0.2) is 53.9 Å². The third kappa shape index (κ3) is 6.74. The van der Waals surface area contributed by atoms with Gasteiger partial charge < -0.3 is 4.80 Å². The normalized spacial score (nSPS) is 13.6. The van der Waals surface area contributed by atoms with E-state index in [1.165, 1.54) is 5.56 Å². The van der Waals surface area contributed by atoms with Crippen LogP contribution >= 0.6 is 0 Å². The summed E-state index contributed by atoms with van der Waals surface area (Å²) in [6, 6.07) is 11.8. The van der Waals surface area contributed by atoms with Crippen molar-refractivity contribution in [1.82, 2.24) is 0 Å². The van der Waals surface area contributed by atoms with Gasteiger partial charge in [0, 0.05) is 0 Å². The van der Waals surface area contributed by atoms with Gasteiger partial charge >= 0.3 is 0 Å². The largest absolute Gasteiger partial charge is 0.428 e. The molecule has 0 radical (unpaired) electrons. The first kappa shape index (κ1) is 15.2. The molecule has 0 aliphatic rings. The fourth-order valence-corrected chi connectivity index (χ4v) is 4.41. The number of rotatable bonds is 5. The van der Waals surface area contributed by atoms with Gasteiger partial charge in [0.1, 0.15) is 0 Å². The van der Waals surface area contributed by atoms with E-state index in [9.17, 15) is 4.80 Å². The SMILES string of the molecule is C[Si](C)(O)/C=C/C=C/[Si](C)(C)Cc1ccccc1. The number of benzene rings is 1. The van der Waals surface area contributed by atoms with Crippen LogP contribution in [0.25, 0.3) is 0 Å². The lowest BCUT2D eigenvalue weighted by atomic mass is 10.2. The van der Waals surface area contributed by atoms with E-state index in [4.69, 9.17) is 0 Å². The van der Waals surface area contributed by atoms with Crippen LogP contribution in [0.3, 0.4) is 0 Å². The highest BCUT2D eigenvalue weighted by molar-refractivity contribution is 6.81. The third-order valence-electron chi connectivity index (χ3n) is 2.67. The van der Waals surface area contributed by atoms with Crippen LogP contribution in [-0.4, -0.2) is 21.2 Å².